The van der Waals surface area contributed by atoms with Gasteiger partial charge in [0.15, 0.2) is 0 Å². The molecule has 1 rings (SSSR count). The molecule has 1 aromatic carbocycles. The largest absolute Gasteiger partial charge is 0.398 e. The van der Waals surface area contributed by atoms with Crippen molar-refractivity contribution >= 4 is 31.6 Å². The van der Waals surface area contributed by atoms with Gasteiger partial charge < -0.3 is 15.2 Å². The number of anilines is 1. The molecule has 0 aliphatic rings. The highest BCUT2D eigenvalue weighted by Crippen LogP contribution is 2.26. The molecule has 0 heterocycles. The molecule has 0 aromatic heterocycles. The third-order valence-electron chi connectivity index (χ3n) is 2.97. The summed E-state index contributed by atoms with van der Waals surface area (Å²) in [5, 5.41) is 0. The summed E-state index contributed by atoms with van der Waals surface area (Å²) in [6.45, 7) is 2.60. The van der Waals surface area contributed by atoms with E-state index in [0.717, 1.165) is 4.47 Å². The summed E-state index contributed by atoms with van der Waals surface area (Å²) in [4.78, 5) is 0.0877. The zero-order chi connectivity index (χ0) is 16.0. The van der Waals surface area contributed by atoms with Crippen LogP contribution in [-0.4, -0.2) is 52.7 Å². The van der Waals surface area contributed by atoms with Crippen LogP contribution in [0.5, 0.6) is 0 Å². The maximum Gasteiger partial charge on any atom is 0.245 e. The fourth-order valence-electron chi connectivity index (χ4n) is 1.96. The van der Waals surface area contributed by atoms with Crippen LogP contribution in [-0.2, 0) is 19.5 Å². The van der Waals surface area contributed by atoms with Gasteiger partial charge in [0, 0.05) is 31.3 Å². The van der Waals surface area contributed by atoms with Gasteiger partial charge in [0.1, 0.15) is 4.90 Å². The van der Waals surface area contributed by atoms with Crippen LogP contribution in [0.3, 0.4) is 0 Å². The molecular formula is C13H21BrN2O4S. The zero-order valence-corrected chi connectivity index (χ0v) is 14.8. The van der Waals surface area contributed by atoms with Crippen LogP contribution in [0.2, 0.25) is 0 Å². The summed E-state index contributed by atoms with van der Waals surface area (Å²) in [7, 11) is -0.654. The van der Waals surface area contributed by atoms with Crippen molar-refractivity contribution in [2.45, 2.75) is 17.9 Å². The van der Waals surface area contributed by atoms with Crippen LogP contribution in [0, 0.1) is 0 Å². The summed E-state index contributed by atoms with van der Waals surface area (Å²) in [6.07, 6.45) is 0. The Labute approximate surface area is 134 Å². The number of nitrogens with zero attached hydrogens (tertiary/aromatic N) is 1. The van der Waals surface area contributed by atoms with Crippen molar-refractivity contribution in [3.63, 3.8) is 0 Å². The Bertz CT molecular complexity index is 565. The van der Waals surface area contributed by atoms with Crippen LogP contribution >= 0.6 is 15.9 Å². The average Bonchev–Trinajstić information content (AvgIpc) is 2.38. The van der Waals surface area contributed by atoms with E-state index in [1.165, 1.54) is 24.6 Å². The second-order valence-electron chi connectivity index (χ2n) is 4.60. The minimum atomic E-state index is -3.71. The van der Waals surface area contributed by atoms with Crippen molar-refractivity contribution in [2.75, 3.05) is 39.7 Å². The van der Waals surface area contributed by atoms with Gasteiger partial charge in [-0.3, -0.25) is 0 Å². The van der Waals surface area contributed by atoms with E-state index in [9.17, 15) is 8.42 Å². The van der Waals surface area contributed by atoms with Crippen LogP contribution in [0.1, 0.15) is 6.92 Å². The minimum absolute atomic E-state index is 0.0877. The Balaban J connectivity index is 3.19. The summed E-state index contributed by atoms with van der Waals surface area (Å²) in [6, 6.07) is 4.40. The van der Waals surface area contributed by atoms with E-state index in [1.807, 2.05) is 0 Å². The van der Waals surface area contributed by atoms with Crippen LogP contribution in [0.4, 0.5) is 5.69 Å². The maximum atomic E-state index is 12.8. The number of nitrogen functional groups attached to an aromatic ring is 1. The monoisotopic (exact) mass is 380 g/mol. The van der Waals surface area contributed by atoms with Crippen molar-refractivity contribution in [1.29, 1.82) is 0 Å². The van der Waals surface area contributed by atoms with E-state index >= 15 is 0 Å². The second-order valence-corrected chi connectivity index (χ2v) is 7.37. The molecule has 6 nitrogen and oxygen atoms in total. The molecular weight excluding hydrogens is 360 g/mol. The molecule has 0 bridgehead atoms. The van der Waals surface area contributed by atoms with Gasteiger partial charge in [0.2, 0.25) is 10.0 Å². The molecule has 1 atom stereocenters. The Hall–Kier alpha value is -0.670. The predicted octanol–water partition coefficient (Wildman–Crippen LogP) is 1.70. The number of halogens is 1. The molecule has 8 heteroatoms. The van der Waals surface area contributed by atoms with Crippen molar-refractivity contribution in [3.05, 3.63) is 22.7 Å². The number of nitrogens with two attached hydrogens (primary N) is 1. The fourth-order valence-corrected chi connectivity index (χ4v) is 4.04. The normalized spacial score (nSPS) is 13.6. The molecule has 120 valence electrons. The Morgan fingerprint density at radius 2 is 2.00 bits per heavy atom. The van der Waals surface area contributed by atoms with Gasteiger partial charge in [0.05, 0.1) is 18.9 Å². The van der Waals surface area contributed by atoms with Gasteiger partial charge in [-0.2, -0.15) is 4.31 Å². The number of ether oxygens (including phenoxy) is 2. The molecule has 0 aliphatic heterocycles. The van der Waals surface area contributed by atoms with Crippen LogP contribution in [0.25, 0.3) is 0 Å². The number of methoxy groups -OCH3 is 2. The third kappa shape index (κ3) is 4.65. The number of sulfonamides is 1. The SMILES string of the molecule is COCCN(C(C)COC)S(=O)(=O)c1ccc(Br)cc1N. The lowest BCUT2D eigenvalue weighted by molar-refractivity contribution is 0.119. The van der Waals surface area contributed by atoms with Gasteiger partial charge in [-0.05, 0) is 25.1 Å². The van der Waals surface area contributed by atoms with E-state index in [1.54, 1.807) is 19.1 Å². The Kier molecular flexibility index (Phi) is 7.08. The van der Waals surface area contributed by atoms with Gasteiger partial charge >= 0.3 is 0 Å². The highest BCUT2D eigenvalue weighted by atomic mass is 79.9. The third-order valence-corrected chi connectivity index (χ3v) is 5.55. The molecule has 0 saturated carbocycles. The molecule has 0 radical (unpaired) electrons. The summed E-state index contributed by atoms with van der Waals surface area (Å²) in [5.74, 6) is 0. The van der Waals surface area contributed by atoms with E-state index in [-0.39, 0.29) is 23.2 Å². The van der Waals surface area contributed by atoms with Crippen molar-refractivity contribution in [1.82, 2.24) is 4.31 Å². The number of benzene rings is 1. The van der Waals surface area contributed by atoms with Gasteiger partial charge in [-0.1, -0.05) is 15.9 Å². The molecule has 21 heavy (non-hydrogen) atoms. The first-order chi connectivity index (χ1) is 9.84. The molecule has 2 N–H and O–H groups in total. The maximum absolute atomic E-state index is 12.8. The van der Waals surface area contributed by atoms with E-state index in [2.05, 4.69) is 15.9 Å². The Morgan fingerprint density at radius 1 is 1.33 bits per heavy atom. The quantitative estimate of drug-likeness (QED) is 0.694. The van der Waals surface area contributed by atoms with Gasteiger partial charge in [0.25, 0.3) is 0 Å². The summed E-state index contributed by atoms with van der Waals surface area (Å²) < 4.78 is 37.7. The van der Waals surface area contributed by atoms with E-state index in [4.69, 9.17) is 15.2 Å². The lowest BCUT2D eigenvalue weighted by Gasteiger charge is -2.28. The molecule has 0 amide bonds. The lowest BCUT2D eigenvalue weighted by Crippen LogP contribution is -2.43. The highest BCUT2D eigenvalue weighted by molar-refractivity contribution is 9.10. The van der Waals surface area contributed by atoms with E-state index in [0.29, 0.717) is 13.2 Å². The predicted molar refractivity (Wildman–Crippen MR) is 85.7 cm³/mol. The molecule has 0 aliphatic carbocycles. The van der Waals surface area contributed by atoms with Crippen molar-refractivity contribution < 1.29 is 17.9 Å². The minimum Gasteiger partial charge on any atom is -0.398 e. The van der Waals surface area contributed by atoms with Crippen LogP contribution in [0.15, 0.2) is 27.6 Å². The highest BCUT2D eigenvalue weighted by Gasteiger charge is 2.30. The van der Waals surface area contributed by atoms with Gasteiger partial charge in [-0.25, -0.2) is 8.42 Å². The average molecular weight is 381 g/mol. The zero-order valence-electron chi connectivity index (χ0n) is 12.4. The first kappa shape index (κ1) is 18.4. The van der Waals surface area contributed by atoms with Crippen molar-refractivity contribution in [2.24, 2.45) is 0 Å². The fraction of sp³-hybridized carbons (Fsp3) is 0.538. The summed E-state index contributed by atoms with van der Waals surface area (Å²) >= 11 is 3.27. The first-order valence-corrected chi connectivity index (χ1v) is 8.62. The molecule has 1 unspecified atom stereocenters. The number of hydrogen-bond acceptors (Lipinski definition) is 5. The molecule has 0 saturated heterocycles. The Morgan fingerprint density at radius 3 is 2.52 bits per heavy atom. The van der Waals surface area contributed by atoms with Gasteiger partial charge in [-0.15, -0.1) is 0 Å². The molecule has 1 aromatic rings. The van der Waals surface area contributed by atoms with Crippen LogP contribution < -0.4 is 5.73 Å². The topological polar surface area (TPSA) is 81.9 Å². The smallest absolute Gasteiger partial charge is 0.245 e. The van der Waals surface area contributed by atoms with Crippen molar-refractivity contribution in [3.8, 4) is 0 Å². The van der Waals surface area contributed by atoms with E-state index < -0.39 is 10.0 Å². The number of rotatable bonds is 8. The lowest BCUT2D eigenvalue weighted by atomic mass is 10.3. The standard InChI is InChI=1S/C13H21BrN2O4S/c1-10(9-20-3)16(6-7-19-2)21(17,18)13-5-4-11(14)8-12(13)15/h4-5,8,10H,6-7,9,15H2,1-3H3. The molecule has 0 fully saturated rings. The summed E-state index contributed by atoms with van der Waals surface area (Å²) in [5.41, 5.74) is 6.05. The first-order valence-electron chi connectivity index (χ1n) is 6.39. The second kappa shape index (κ2) is 8.09. The molecule has 0 spiro atoms. The number of hydrogen-bond donors (Lipinski definition) is 1.